The Morgan fingerprint density at radius 1 is 0.926 bits per heavy atom. The number of halogens is 1. The van der Waals surface area contributed by atoms with Gasteiger partial charge < -0.3 is 15.4 Å². The molecule has 0 atom stereocenters. The molecule has 0 aliphatic heterocycles. The summed E-state index contributed by atoms with van der Waals surface area (Å²) in [6, 6.07) is 19.9. The van der Waals surface area contributed by atoms with Crippen molar-refractivity contribution in [2.75, 3.05) is 13.2 Å². The molecule has 0 aromatic heterocycles. The summed E-state index contributed by atoms with van der Waals surface area (Å²) < 4.78 is 18.6. The number of rotatable bonds is 5. The maximum Gasteiger partial charge on any atom is 0.315 e. The van der Waals surface area contributed by atoms with Crippen LogP contribution < -0.4 is 15.4 Å². The Morgan fingerprint density at radius 2 is 1.70 bits per heavy atom. The Kier molecular flexibility index (Phi) is 6.26. The van der Waals surface area contributed by atoms with Gasteiger partial charge in [-0.1, -0.05) is 66.4 Å². The number of fused-ring (bicyclic) bond motifs is 1. The standard InChI is InChI=1S/C22H19FN2O2/c23-20-12-3-4-13-21(20)27-15-6-5-14-24-22(26)25-16-18-10-7-9-17-8-1-2-11-19(17)18/h1-4,7-13H,14-16H2,(H2,24,25,26). The number of ether oxygens (including phenoxy) is 1. The summed E-state index contributed by atoms with van der Waals surface area (Å²) in [6.45, 7) is 0.666. The first-order valence-corrected chi connectivity index (χ1v) is 8.55. The quantitative estimate of drug-likeness (QED) is 0.677. The number of benzene rings is 3. The van der Waals surface area contributed by atoms with Gasteiger partial charge in [0.15, 0.2) is 11.6 Å². The maximum atomic E-state index is 13.4. The van der Waals surface area contributed by atoms with E-state index in [-0.39, 0.29) is 24.9 Å². The maximum absolute atomic E-state index is 13.4. The second-order valence-electron chi connectivity index (χ2n) is 5.75. The molecule has 0 radical (unpaired) electrons. The van der Waals surface area contributed by atoms with Crippen molar-refractivity contribution in [2.24, 2.45) is 0 Å². The first-order valence-electron chi connectivity index (χ1n) is 8.55. The van der Waals surface area contributed by atoms with E-state index < -0.39 is 5.82 Å². The van der Waals surface area contributed by atoms with Crippen molar-refractivity contribution in [1.82, 2.24) is 10.6 Å². The normalized spacial score (nSPS) is 9.96. The predicted octanol–water partition coefficient (Wildman–Crippen LogP) is 3.86. The second kappa shape index (κ2) is 9.25. The number of amides is 2. The summed E-state index contributed by atoms with van der Waals surface area (Å²) >= 11 is 0. The van der Waals surface area contributed by atoms with Crippen LogP contribution in [-0.4, -0.2) is 19.2 Å². The molecule has 3 aromatic carbocycles. The number of carbonyl (C=O) groups is 1. The molecule has 0 aliphatic rings. The average Bonchev–Trinajstić information content (AvgIpc) is 2.70. The van der Waals surface area contributed by atoms with Crippen molar-refractivity contribution < 1.29 is 13.9 Å². The van der Waals surface area contributed by atoms with E-state index in [2.05, 4.69) is 22.5 Å². The smallest absolute Gasteiger partial charge is 0.315 e. The van der Waals surface area contributed by atoms with Crippen molar-refractivity contribution in [3.8, 4) is 17.6 Å². The fourth-order valence-corrected chi connectivity index (χ4v) is 2.60. The first kappa shape index (κ1) is 18.3. The van der Waals surface area contributed by atoms with E-state index >= 15 is 0 Å². The van der Waals surface area contributed by atoms with Gasteiger partial charge in [-0.2, -0.15) is 0 Å². The van der Waals surface area contributed by atoms with E-state index in [1.54, 1.807) is 12.1 Å². The third-order valence-electron chi connectivity index (χ3n) is 3.92. The van der Waals surface area contributed by atoms with Crippen molar-refractivity contribution in [1.29, 1.82) is 0 Å². The van der Waals surface area contributed by atoms with E-state index in [4.69, 9.17) is 4.74 Å². The van der Waals surface area contributed by atoms with Crippen LogP contribution >= 0.6 is 0 Å². The molecule has 0 bridgehead atoms. The van der Waals surface area contributed by atoms with Gasteiger partial charge in [0, 0.05) is 6.54 Å². The molecular formula is C22H19FN2O2. The molecule has 0 unspecified atom stereocenters. The fraction of sp³-hybridized carbons (Fsp3) is 0.136. The Bertz CT molecular complexity index is 987. The third kappa shape index (κ3) is 5.23. The highest BCUT2D eigenvalue weighted by Gasteiger charge is 2.03. The van der Waals surface area contributed by atoms with E-state index in [0.29, 0.717) is 6.54 Å². The van der Waals surface area contributed by atoms with Crippen LogP contribution in [0.2, 0.25) is 0 Å². The molecule has 27 heavy (non-hydrogen) atoms. The predicted molar refractivity (Wildman–Crippen MR) is 104 cm³/mol. The fourth-order valence-electron chi connectivity index (χ4n) is 2.60. The molecule has 0 aliphatic carbocycles. The lowest BCUT2D eigenvalue weighted by Crippen LogP contribution is -2.35. The molecule has 5 heteroatoms. The van der Waals surface area contributed by atoms with Gasteiger partial charge in [0.05, 0.1) is 6.54 Å². The van der Waals surface area contributed by atoms with Crippen LogP contribution in [0.1, 0.15) is 5.56 Å². The van der Waals surface area contributed by atoms with Gasteiger partial charge in [-0.3, -0.25) is 0 Å². The largest absolute Gasteiger partial charge is 0.478 e. The number of para-hydroxylation sites is 1. The molecule has 0 spiro atoms. The lowest BCUT2D eigenvalue weighted by atomic mass is 10.0. The molecule has 0 heterocycles. The lowest BCUT2D eigenvalue weighted by molar-refractivity contribution is 0.241. The minimum Gasteiger partial charge on any atom is -0.478 e. The van der Waals surface area contributed by atoms with Crippen LogP contribution in [0.25, 0.3) is 10.8 Å². The van der Waals surface area contributed by atoms with Crippen LogP contribution in [0.3, 0.4) is 0 Å². The Morgan fingerprint density at radius 3 is 2.59 bits per heavy atom. The van der Waals surface area contributed by atoms with Crippen molar-refractivity contribution in [3.63, 3.8) is 0 Å². The van der Waals surface area contributed by atoms with Gasteiger partial charge >= 0.3 is 6.03 Å². The number of carbonyl (C=O) groups excluding carboxylic acids is 1. The molecule has 0 saturated heterocycles. The summed E-state index contributed by atoms with van der Waals surface area (Å²) in [5, 5.41) is 7.73. The molecular weight excluding hydrogens is 343 g/mol. The van der Waals surface area contributed by atoms with Crippen LogP contribution in [-0.2, 0) is 6.54 Å². The van der Waals surface area contributed by atoms with Gasteiger partial charge in [0.2, 0.25) is 0 Å². The zero-order valence-electron chi connectivity index (χ0n) is 14.7. The Hall–Kier alpha value is -3.52. The summed E-state index contributed by atoms with van der Waals surface area (Å²) in [5.74, 6) is 5.23. The van der Waals surface area contributed by atoms with Crippen LogP contribution in [0.4, 0.5) is 9.18 Å². The molecule has 3 aromatic rings. The third-order valence-corrected chi connectivity index (χ3v) is 3.92. The topological polar surface area (TPSA) is 50.4 Å². The zero-order valence-corrected chi connectivity index (χ0v) is 14.7. The average molecular weight is 362 g/mol. The van der Waals surface area contributed by atoms with Crippen molar-refractivity contribution >= 4 is 16.8 Å². The summed E-state index contributed by atoms with van der Waals surface area (Å²) in [4.78, 5) is 11.9. The molecule has 136 valence electrons. The van der Waals surface area contributed by atoms with Gasteiger partial charge in [-0.15, -0.1) is 0 Å². The monoisotopic (exact) mass is 362 g/mol. The molecule has 2 N–H and O–H groups in total. The van der Waals surface area contributed by atoms with Crippen molar-refractivity contribution in [2.45, 2.75) is 6.54 Å². The molecule has 2 amide bonds. The molecule has 4 nitrogen and oxygen atoms in total. The first-order chi connectivity index (χ1) is 13.2. The van der Waals surface area contributed by atoms with Gasteiger partial charge in [-0.25, -0.2) is 9.18 Å². The summed E-state index contributed by atoms with van der Waals surface area (Å²) in [7, 11) is 0. The number of hydrogen-bond donors (Lipinski definition) is 2. The van der Waals surface area contributed by atoms with E-state index in [1.807, 2.05) is 42.5 Å². The van der Waals surface area contributed by atoms with Crippen LogP contribution in [0.5, 0.6) is 5.75 Å². The van der Waals surface area contributed by atoms with Gasteiger partial charge in [0.1, 0.15) is 6.61 Å². The number of hydrogen-bond acceptors (Lipinski definition) is 2. The Balaban J connectivity index is 1.41. The van der Waals surface area contributed by atoms with E-state index in [0.717, 1.165) is 16.3 Å². The van der Waals surface area contributed by atoms with Crippen LogP contribution in [0, 0.1) is 17.7 Å². The van der Waals surface area contributed by atoms with E-state index in [1.165, 1.54) is 12.1 Å². The number of urea groups is 1. The minimum absolute atomic E-state index is 0.0558. The minimum atomic E-state index is -0.426. The molecule has 0 fully saturated rings. The van der Waals surface area contributed by atoms with Gasteiger partial charge in [-0.05, 0) is 28.5 Å². The highest BCUT2D eigenvalue weighted by atomic mass is 19.1. The molecule has 0 saturated carbocycles. The molecule has 3 rings (SSSR count). The highest BCUT2D eigenvalue weighted by Crippen LogP contribution is 2.18. The number of nitrogens with one attached hydrogen (secondary N) is 2. The van der Waals surface area contributed by atoms with Crippen molar-refractivity contribution in [3.05, 3.63) is 78.1 Å². The highest BCUT2D eigenvalue weighted by molar-refractivity contribution is 5.86. The van der Waals surface area contributed by atoms with Gasteiger partial charge in [0.25, 0.3) is 0 Å². The van der Waals surface area contributed by atoms with E-state index in [9.17, 15) is 9.18 Å². The zero-order chi connectivity index (χ0) is 18.9. The summed E-state index contributed by atoms with van der Waals surface area (Å²) in [5.41, 5.74) is 1.05. The Labute approximate surface area is 157 Å². The second-order valence-corrected chi connectivity index (χ2v) is 5.75. The summed E-state index contributed by atoms with van der Waals surface area (Å²) in [6.07, 6.45) is 0. The lowest BCUT2D eigenvalue weighted by Gasteiger charge is -2.08. The van der Waals surface area contributed by atoms with Crippen LogP contribution in [0.15, 0.2) is 66.7 Å². The SMILES string of the molecule is O=C(NCC#CCOc1ccccc1F)NCc1cccc2ccccc12.